The molecular formula is C17H24IN5. The van der Waals surface area contributed by atoms with Gasteiger partial charge in [0.05, 0.1) is 5.69 Å². The van der Waals surface area contributed by atoms with E-state index in [4.69, 9.17) is 0 Å². The molecule has 0 amide bonds. The lowest BCUT2D eigenvalue weighted by atomic mass is 10.2. The lowest BCUT2D eigenvalue weighted by molar-refractivity contribution is 0.613. The van der Waals surface area contributed by atoms with Crippen molar-refractivity contribution in [2.75, 3.05) is 7.05 Å². The van der Waals surface area contributed by atoms with E-state index in [-0.39, 0.29) is 24.0 Å². The smallest absolute Gasteiger partial charge is 0.191 e. The largest absolute Gasteiger partial charge is 0.354 e. The van der Waals surface area contributed by atoms with Gasteiger partial charge in [-0.3, -0.25) is 4.99 Å². The van der Waals surface area contributed by atoms with Crippen LogP contribution < -0.4 is 10.6 Å². The zero-order chi connectivity index (χ0) is 15.2. The lowest BCUT2D eigenvalue weighted by Crippen LogP contribution is -2.41. The van der Waals surface area contributed by atoms with Crippen LogP contribution >= 0.6 is 24.0 Å². The Labute approximate surface area is 154 Å². The second-order valence-electron chi connectivity index (χ2n) is 5.67. The maximum absolute atomic E-state index is 4.32. The minimum Gasteiger partial charge on any atom is -0.354 e. The van der Waals surface area contributed by atoms with Crippen molar-refractivity contribution in [3.8, 4) is 5.69 Å². The Hall–Kier alpha value is -1.57. The predicted molar refractivity (Wildman–Crippen MR) is 105 cm³/mol. The van der Waals surface area contributed by atoms with E-state index < -0.39 is 0 Å². The van der Waals surface area contributed by atoms with Gasteiger partial charge in [-0.05, 0) is 36.6 Å². The topological polar surface area (TPSA) is 54.2 Å². The highest BCUT2D eigenvalue weighted by Crippen LogP contribution is 2.17. The predicted octanol–water partition coefficient (Wildman–Crippen LogP) is 3.10. The standard InChI is InChI=1S/C17H23N5.HI/c1-18-17(21-15-7-2-3-8-15)19-13-14-6-4-9-16(12-14)22-11-5-10-20-22;/h4-6,9-12,15H,2-3,7-8,13H2,1H3,(H2,18,19,21);1H. The van der Waals surface area contributed by atoms with Gasteiger partial charge in [0.1, 0.15) is 0 Å². The first kappa shape index (κ1) is 17.8. The van der Waals surface area contributed by atoms with Crippen molar-refractivity contribution >= 4 is 29.9 Å². The number of hydrogen-bond donors (Lipinski definition) is 2. The molecule has 1 saturated carbocycles. The number of nitrogens with zero attached hydrogens (tertiary/aromatic N) is 3. The van der Waals surface area contributed by atoms with Crippen molar-refractivity contribution in [1.29, 1.82) is 0 Å². The minimum atomic E-state index is 0. The van der Waals surface area contributed by atoms with Crippen LogP contribution in [0.25, 0.3) is 5.69 Å². The van der Waals surface area contributed by atoms with Gasteiger partial charge in [0.25, 0.3) is 0 Å². The van der Waals surface area contributed by atoms with Crippen LogP contribution in [0.3, 0.4) is 0 Å². The molecule has 3 rings (SSSR count). The second kappa shape index (κ2) is 8.90. The van der Waals surface area contributed by atoms with Gasteiger partial charge >= 0.3 is 0 Å². The number of halogens is 1. The Bertz CT molecular complexity index is 618. The Morgan fingerprint density at radius 1 is 1.30 bits per heavy atom. The summed E-state index contributed by atoms with van der Waals surface area (Å²) in [6, 6.07) is 10.9. The van der Waals surface area contributed by atoms with Gasteiger partial charge in [-0.2, -0.15) is 5.10 Å². The van der Waals surface area contributed by atoms with Crippen molar-refractivity contribution in [1.82, 2.24) is 20.4 Å². The molecule has 0 radical (unpaired) electrons. The van der Waals surface area contributed by atoms with Crippen LogP contribution in [-0.2, 0) is 6.54 Å². The van der Waals surface area contributed by atoms with Crippen molar-refractivity contribution in [3.63, 3.8) is 0 Å². The van der Waals surface area contributed by atoms with Gasteiger partial charge in [0, 0.05) is 32.0 Å². The number of benzene rings is 1. The summed E-state index contributed by atoms with van der Waals surface area (Å²) in [4.78, 5) is 4.32. The first-order valence-corrected chi connectivity index (χ1v) is 7.91. The Kier molecular flexibility index (Phi) is 6.88. The number of guanidine groups is 1. The van der Waals surface area contributed by atoms with E-state index in [1.54, 1.807) is 6.20 Å². The van der Waals surface area contributed by atoms with Gasteiger partial charge in [-0.15, -0.1) is 24.0 Å². The number of hydrogen-bond acceptors (Lipinski definition) is 2. The zero-order valence-electron chi connectivity index (χ0n) is 13.4. The van der Waals surface area contributed by atoms with Crippen LogP contribution in [0.2, 0.25) is 0 Å². The summed E-state index contributed by atoms with van der Waals surface area (Å²) in [6.45, 7) is 0.751. The third kappa shape index (κ3) is 4.95. The van der Waals surface area contributed by atoms with E-state index >= 15 is 0 Å². The van der Waals surface area contributed by atoms with Gasteiger partial charge in [-0.1, -0.05) is 25.0 Å². The van der Waals surface area contributed by atoms with E-state index in [0.29, 0.717) is 6.04 Å². The Balaban J connectivity index is 0.00000192. The molecule has 1 aliphatic carbocycles. The van der Waals surface area contributed by atoms with Crippen molar-refractivity contribution in [3.05, 3.63) is 48.3 Å². The molecule has 1 aliphatic rings. The highest BCUT2D eigenvalue weighted by Gasteiger charge is 2.15. The molecule has 0 spiro atoms. The third-order valence-corrected chi connectivity index (χ3v) is 4.06. The van der Waals surface area contributed by atoms with Gasteiger partial charge in [0.2, 0.25) is 0 Å². The molecule has 0 atom stereocenters. The Morgan fingerprint density at radius 3 is 2.83 bits per heavy atom. The van der Waals surface area contributed by atoms with Crippen LogP contribution in [0.1, 0.15) is 31.2 Å². The van der Waals surface area contributed by atoms with Gasteiger partial charge in [0.15, 0.2) is 5.96 Å². The van der Waals surface area contributed by atoms with Crippen LogP contribution in [0.15, 0.2) is 47.7 Å². The van der Waals surface area contributed by atoms with E-state index in [1.165, 1.54) is 31.2 Å². The monoisotopic (exact) mass is 425 g/mol. The molecule has 0 saturated heterocycles. The van der Waals surface area contributed by atoms with Crippen molar-refractivity contribution in [2.45, 2.75) is 38.3 Å². The third-order valence-electron chi connectivity index (χ3n) is 4.06. The first-order valence-electron chi connectivity index (χ1n) is 7.91. The highest BCUT2D eigenvalue weighted by atomic mass is 127. The molecule has 0 aliphatic heterocycles. The summed E-state index contributed by atoms with van der Waals surface area (Å²) in [5.74, 6) is 0.886. The molecule has 2 N–H and O–H groups in total. The average Bonchev–Trinajstić information content (AvgIpc) is 3.25. The van der Waals surface area contributed by atoms with E-state index in [2.05, 4.69) is 45.0 Å². The molecule has 5 nitrogen and oxygen atoms in total. The quantitative estimate of drug-likeness (QED) is 0.450. The summed E-state index contributed by atoms with van der Waals surface area (Å²) < 4.78 is 1.87. The molecule has 1 aromatic carbocycles. The van der Waals surface area contributed by atoms with Crippen LogP contribution in [0.5, 0.6) is 0 Å². The van der Waals surface area contributed by atoms with E-state index in [1.807, 2.05) is 24.0 Å². The van der Waals surface area contributed by atoms with E-state index in [0.717, 1.165) is 18.2 Å². The maximum Gasteiger partial charge on any atom is 0.191 e. The summed E-state index contributed by atoms with van der Waals surface area (Å²) in [7, 11) is 1.82. The fourth-order valence-corrected chi connectivity index (χ4v) is 2.87. The molecule has 124 valence electrons. The number of rotatable bonds is 4. The highest BCUT2D eigenvalue weighted by molar-refractivity contribution is 14.0. The minimum absolute atomic E-state index is 0. The maximum atomic E-state index is 4.32. The summed E-state index contributed by atoms with van der Waals surface area (Å²) in [5, 5.41) is 11.2. The molecule has 23 heavy (non-hydrogen) atoms. The Morgan fingerprint density at radius 2 is 2.13 bits per heavy atom. The van der Waals surface area contributed by atoms with Gasteiger partial charge < -0.3 is 10.6 Å². The zero-order valence-corrected chi connectivity index (χ0v) is 15.7. The molecule has 0 bridgehead atoms. The van der Waals surface area contributed by atoms with Crippen LogP contribution in [0, 0.1) is 0 Å². The normalized spacial score (nSPS) is 15.3. The van der Waals surface area contributed by atoms with Crippen molar-refractivity contribution in [2.24, 2.45) is 4.99 Å². The number of aliphatic imine (C=N–C) groups is 1. The summed E-state index contributed by atoms with van der Waals surface area (Å²) >= 11 is 0. The molecular weight excluding hydrogens is 401 g/mol. The molecule has 1 heterocycles. The molecule has 2 aromatic rings. The molecule has 1 aromatic heterocycles. The van der Waals surface area contributed by atoms with Crippen LogP contribution in [0.4, 0.5) is 0 Å². The SMILES string of the molecule is CN=C(NCc1cccc(-n2cccn2)c1)NC1CCCC1.I. The molecule has 0 unspecified atom stereocenters. The number of nitrogens with one attached hydrogen (secondary N) is 2. The van der Waals surface area contributed by atoms with E-state index in [9.17, 15) is 0 Å². The fraction of sp³-hybridized carbons (Fsp3) is 0.412. The number of aromatic nitrogens is 2. The second-order valence-corrected chi connectivity index (χ2v) is 5.67. The molecule has 1 fully saturated rings. The summed E-state index contributed by atoms with van der Waals surface area (Å²) in [5.41, 5.74) is 2.28. The first-order chi connectivity index (χ1) is 10.8. The van der Waals surface area contributed by atoms with Crippen molar-refractivity contribution < 1.29 is 0 Å². The fourth-order valence-electron chi connectivity index (χ4n) is 2.87. The van der Waals surface area contributed by atoms with Gasteiger partial charge in [-0.25, -0.2) is 4.68 Å². The lowest BCUT2D eigenvalue weighted by Gasteiger charge is -2.17. The average molecular weight is 425 g/mol. The molecule has 6 heteroatoms. The van der Waals surface area contributed by atoms with Crippen LogP contribution in [-0.4, -0.2) is 28.8 Å². The summed E-state index contributed by atoms with van der Waals surface area (Å²) in [6.07, 6.45) is 8.87.